The van der Waals surface area contributed by atoms with Crippen molar-refractivity contribution in [2.75, 3.05) is 6.54 Å². The third-order valence-corrected chi connectivity index (χ3v) is 4.85. The van der Waals surface area contributed by atoms with Gasteiger partial charge in [0.1, 0.15) is 11.5 Å². The molecule has 7 nitrogen and oxygen atoms in total. The number of amides is 2. The number of aromatic nitrogens is 1. The van der Waals surface area contributed by atoms with Crippen molar-refractivity contribution in [1.82, 2.24) is 15.2 Å². The Morgan fingerprint density at radius 3 is 2.63 bits per heavy atom. The van der Waals surface area contributed by atoms with Crippen LogP contribution in [0.15, 0.2) is 29.1 Å². The van der Waals surface area contributed by atoms with Crippen LogP contribution < -0.4 is 10.9 Å². The number of nitrogens with zero attached hydrogens (tertiary/aromatic N) is 1. The summed E-state index contributed by atoms with van der Waals surface area (Å²) in [6.45, 7) is 0.535. The SMILES string of the molecule is O=C(NC1CC1)c1[nH]c(=O)c(O)c2c1CCN(Cc1ccc(F)cc1)C2=O. The molecule has 0 spiro atoms. The number of halogens is 1. The smallest absolute Gasteiger partial charge is 0.291 e. The van der Waals surface area contributed by atoms with Gasteiger partial charge in [-0.1, -0.05) is 12.1 Å². The summed E-state index contributed by atoms with van der Waals surface area (Å²) in [5.74, 6) is -2.01. The van der Waals surface area contributed by atoms with Crippen LogP contribution in [-0.4, -0.2) is 39.4 Å². The fourth-order valence-corrected chi connectivity index (χ4v) is 3.26. The number of hydrogen-bond donors (Lipinski definition) is 3. The molecule has 4 rings (SSSR count). The normalized spacial score (nSPS) is 16.2. The standard InChI is InChI=1S/C19H18FN3O4/c20-11-3-1-10(2-4-11)9-23-8-7-13-14(19(23)27)16(24)18(26)22-15(13)17(25)21-12-5-6-12/h1-4,12,24H,5-9H2,(H,21,25)(H,22,26). The third kappa shape index (κ3) is 3.30. The second-order valence-electron chi connectivity index (χ2n) is 6.88. The Hall–Kier alpha value is -3.16. The molecule has 0 bridgehead atoms. The number of fused-ring (bicyclic) bond motifs is 1. The molecule has 0 atom stereocenters. The molecule has 1 fully saturated rings. The van der Waals surface area contributed by atoms with Gasteiger partial charge in [-0.3, -0.25) is 14.4 Å². The molecule has 1 aromatic heterocycles. The molecule has 2 aromatic rings. The van der Waals surface area contributed by atoms with Gasteiger partial charge < -0.3 is 20.3 Å². The Bertz CT molecular complexity index is 980. The minimum absolute atomic E-state index is 0.0366. The number of aromatic hydroxyl groups is 1. The quantitative estimate of drug-likeness (QED) is 0.754. The van der Waals surface area contributed by atoms with Crippen molar-refractivity contribution in [1.29, 1.82) is 0 Å². The summed E-state index contributed by atoms with van der Waals surface area (Å²) in [5.41, 5.74) is 0.115. The highest BCUT2D eigenvalue weighted by atomic mass is 19.1. The number of rotatable bonds is 4. The second-order valence-corrected chi connectivity index (χ2v) is 6.88. The number of H-pyrrole nitrogens is 1. The molecule has 1 aliphatic heterocycles. The molecule has 8 heteroatoms. The number of aromatic amines is 1. The van der Waals surface area contributed by atoms with E-state index in [1.54, 1.807) is 12.1 Å². The van der Waals surface area contributed by atoms with Crippen LogP contribution in [0.1, 0.15) is 44.8 Å². The average Bonchev–Trinajstić information content (AvgIpc) is 3.45. The summed E-state index contributed by atoms with van der Waals surface area (Å²) in [5, 5.41) is 12.9. The molecule has 1 saturated carbocycles. The second kappa shape index (κ2) is 6.53. The highest BCUT2D eigenvalue weighted by molar-refractivity contribution is 6.03. The summed E-state index contributed by atoms with van der Waals surface area (Å²) in [6, 6.07) is 5.86. The van der Waals surface area contributed by atoms with E-state index < -0.39 is 23.1 Å². The largest absolute Gasteiger partial charge is 0.502 e. The lowest BCUT2D eigenvalue weighted by molar-refractivity contribution is 0.0722. The first-order valence-corrected chi connectivity index (χ1v) is 8.76. The Labute approximate surface area is 153 Å². The number of benzene rings is 1. The lowest BCUT2D eigenvalue weighted by Gasteiger charge is -2.29. The highest BCUT2D eigenvalue weighted by Crippen LogP contribution is 2.28. The van der Waals surface area contributed by atoms with Gasteiger partial charge in [0.2, 0.25) is 0 Å². The molecule has 140 valence electrons. The topological polar surface area (TPSA) is 102 Å². The molecule has 0 saturated heterocycles. The van der Waals surface area contributed by atoms with Crippen molar-refractivity contribution < 1.29 is 19.1 Å². The van der Waals surface area contributed by atoms with E-state index in [0.717, 1.165) is 18.4 Å². The van der Waals surface area contributed by atoms with Crippen molar-refractivity contribution in [3.8, 4) is 5.75 Å². The molecule has 2 amide bonds. The minimum Gasteiger partial charge on any atom is -0.502 e. The van der Waals surface area contributed by atoms with Crippen molar-refractivity contribution >= 4 is 11.8 Å². The van der Waals surface area contributed by atoms with E-state index in [2.05, 4.69) is 10.3 Å². The van der Waals surface area contributed by atoms with Crippen LogP contribution >= 0.6 is 0 Å². The van der Waals surface area contributed by atoms with E-state index in [-0.39, 0.29) is 29.7 Å². The van der Waals surface area contributed by atoms with Crippen LogP contribution in [0.25, 0.3) is 0 Å². The van der Waals surface area contributed by atoms with Gasteiger partial charge >= 0.3 is 0 Å². The number of pyridine rings is 1. The van der Waals surface area contributed by atoms with Gasteiger partial charge in [-0.15, -0.1) is 0 Å². The van der Waals surface area contributed by atoms with Gasteiger partial charge in [-0.25, -0.2) is 4.39 Å². The minimum atomic E-state index is -0.869. The van der Waals surface area contributed by atoms with E-state index in [4.69, 9.17) is 0 Å². The molecule has 1 aromatic carbocycles. The van der Waals surface area contributed by atoms with Crippen molar-refractivity contribution in [3.63, 3.8) is 0 Å². The van der Waals surface area contributed by atoms with Crippen molar-refractivity contribution in [2.45, 2.75) is 31.8 Å². The van der Waals surface area contributed by atoms with E-state index in [1.807, 2.05) is 0 Å². The summed E-state index contributed by atoms with van der Waals surface area (Å²) in [7, 11) is 0. The lowest BCUT2D eigenvalue weighted by atomic mass is 9.96. The summed E-state index contributed by atoms with van der Waals surface area (Å²) in [6.07, 6.45) is 2.10. The molecular formula is C19H18FN3O4. The first-order chi connectivity index (χ1) is 12.9. The summed E-state index contributed by atoms with van der Waals surface area (Å²) in [4.78, 5) is 41.2. The van der Waals surface area contributed by atoms with Crippen LogP contribution in [0, 0.1) is 5.82 Å². The predicted molar refractivity (Wildman–Crippen MR) is 94.1 cm³/mol. The zero-order valence-corrected chi connectivity index (χ0v) is 14.4. The van der Waals surface area contributed by atoms with Crippen molar-refractivity contribution in [3.05, 3.63) is 62.8 Å². The fraction of sp³-hybridized carbons (Fsp3) is 0.316. The van der Waals surface area contributed by atoms with Gasteiger partial charge in [0.05, 0.1) is 5.56 Å². The maximum absolute atomic E-state index is 13.1. The van der Waals surface area contributed by atoms with E-state index >= 15 is 0 Å². The predicted octanol–water partition coefficient (Wildman–Crippen LogP) is 1.31. The number of carbonyl (C=O) groups excluding carboxylic acids is 2. The average molecular weight is 371 g/mol. The number of hydrogen-bond acceptors (Lipinski definition) is 4. The summed E-state index contributed by atoms with van der Waals surface area (Å²) >= 11 is 0. The van der Waals surface area contributed by atoms with E-state index in [0.29, 0.717) is 18.5 Å². The molecule has 0 radical (unpaired) electrons. The first kappa shape index (κ1) is 17.3. The Morgan fingerprint density at radius 2 is 1.96 bits per heavy atom. The Balaban J connectivity index is 1.66. The van der Waals surface area contributed by atoms with Gasteiger partial charge in [0.15, 0.2) is 5.75 Å². The lowest BCUT2D eigenvalue weighted by Crippen LogP contribution is -2.40. The number of carbonyl (C=O) groups is 2. The Kier molecular flexibility index (Phi) is 4.18. The first-order valence-electron chi connectivity index (χ1n) is 8.76. The van der Waals surface area contributed by atoms with Crippen LogP contribution in [-0.2, 0) is 13.0 Å². The van der Waals surface area contributed by atoms with Crippen LogP contribution in [0.4, 0.5) is 4.39 Å². The van der Waals surface area contributed by atoms with E-state index in [9.17, 15) is 23.9 Å². The molecule has 0 unspecified atom stereocenters. The molecule has 3 N–H and O–H groups in total. The maximum atomic E-state index is 13.1. The van der Waals surface area contributed by atoms with Gasteiger partial charge in [-0.05, 0) is 42.5 Å². The van der Waals surface area contributed by atoms with Gasteiger partial charge in [0.25, 0.3) is 17.4 Å². The van der Waals surface area contributed by atoms with Gasteiger partial charge in [-0.2, -0.15) is 0 Å². The third-order valence-electron chi connectivity index (χ3n) is 4.85. The van der Waals surface area contributed by atoms with E-state index in [1.165, 1.54) is 17.0 Å². The molecule has 1 aliphatic carbocycles. The molecule has 27 heavy (non-hydrogen) atoms. The van der Waals surface area contributed by atoms with Crippen LogP contribution in [0.5, 0.6) is 5.75 Å². The zero-order valence-electron chi connectivity index (χ0n) is 14.4. The zero-order chi connectivity index (χ0) is 19.1. The van der Waals surface area contributed by atoms with Gasteiger partial charge in [0, 0.05) is 19.1 Å². The van der Waals surface area contributed by atoms with Crippen LogP contribution in [0.2, 0.25) is 0 Å². The molecular weight excluding hydrogens is 353 g/mol. The summed E-state index contributed by atoms with van der Waals surface area (Å²) < 4.78 is 13.1. The maximum Gasteiger partial charge on any atom is 0.291 e. The highest BCUT2D eigenvalue weighted by Gasteiger charge is 2.34. The monoisotopic (exact) mass is 371 g/mol. The number of nitrogens with one attached hydrogen (secondary N) is 2. The molecule has 2 aliphatic rings. The fourth-order valence-electron chi connectivity index (χ4n) is 3.26. The van der Waals surface area contributed by atoms with Crippen LogP contribution in [0.3, 0.4) is 0 Å². The Morgan fingerprint density at radius 1 is 1.26 bits per heavy atom. The molecule has 2 heterocycles. The van der Waals surface area contributed by atoms with Crippen molar-refractivity contribution in [2.24, 2.45) is 0 Å².